The first-order valence-electron chi connectivity index (χ1n) is 19.1. The Morgan fingerprint density at radius 2 is 1.51 bits per heavy atom. The van der Waals surface area contributed by atoms with E-state index < -0.39 is 36.0 Å². The average Bonchev–Trinajstić information content (AvgIpc) is 3.52. The summed E-state index contributed by atoms with van der Waals surface area (Å²) in [7, 11) is 4.49. The molecule has 1 aliphatic carbocycles. The second-order valence-electron chi connectivity index (χ2n) is 14.2. The van der Waals surface area contributed by atoms with Gasteiger partial charge in [-0.3, -0.25) is 14.4 Å². The number of halogens is 1. The number of para-hydroxylation sites is 2. The Labute approximate surface area is 348 Å². The Kier molecular flexibility index (Phi) is 13.2. The molecular weight excluding hydrogens is 774 g/mol. The number of carbonyl (C=O) groups is 5. The zero-order valence-corrected chi connectivity index (χ0v) is 34.0. The van der Waals surface area contributed by atoms with Gasteiger partial charge in [-0.15, -0.1) is 12.4 Å². The summed E-state index contributed by atoms with van der Waals surface area (Å²) in [5.41, 5.74) is 6.33. The molecule has 0 spiro atoms. The molecule has 4 amide bonds. The maximum absolute atomic E-state index is 14.7. The van der Waals surface area contributed by atoms with E-state index in [4.69, 9.17) is 14.2 Å². The third kappa shape index (κ3) is 8.57. The molecule has 13 nitrogen and oxygen atoms in total. The van der Waals surface area contributed by atoms with Crippen molar-refractivity contribution in [2.45, 2.75) is 37.9 Å². The fourth-order valence-corrected chi connectivity index (χ4v) is 7.71. The third-order valence-electron chi connectivity index (χ3n) is 10.8. The normalized spacial score (nSPS) is 14.8. The molecule has 0 radical (unpaired) electrons. The standard InChI is InChI=1S/C45H45N5O8.ClH/c1-27(46-2)42(52)48-37-25-49(41(51)21-22-47-45(55)58-26-36-33-13-7-5-11-31(33)32-12-6-8-14-34(32)36)38-15-9-10-16-39(38)50(43(37)53)24-35-30-19-17-29(44(54)57-4)23-28(30)18-20-40(35)56-3;/h5-20,23,27,36-37,46H,21-22,24-26H2,1-4H3,(H,47,55)(H,48,52);1H. The predicted octanol–water partition coefficient (Wildman–Crippen LogP) is 5.96. The second kappa shape index (κ2) is 18.4. The van der Waals surface area contributed by atoms with Crippen LogP contribution in [0.1, 0.15) is 46.3 Å². The quantitative estimate of drug-likeness (QED) is 0.129. The summed E-state index contributed by atoms with van der Waals surface area (Å²) in [6.07, 6.45) is -0.763. The Balaban J connectivity index is 0.00000585. The summed E-state index contributed by atoms with van der Waals surface area (Å²) in [5, 5.41) is 9.93. The molecule has 1 heterocycles. The lowest BCUT2D eigenvalue weighted by Crippen LogP contribution is -2.55. The number of alkyl carbamates (subject to hydrolysis) is 1. The maximum Gasteiger partial charge on any atom is 0.407 e. The number of fused-ring (bicyclic) bond motifs is 5. The lowest BCUT2D eigenvalue weighted by molar-refractivity contribution is -0.128. The van der Waals surface area contributed by atoms with Gasteiger partial charge in [0.1, 0.15) is 18.4 Å². The fourth-order valence-electron chi connectivity index (χ4n) is 7.71. The van der Waals surface area contributed by atoms with Gasteiger partial charge in [-0.1, -0.05) is 72.8 Å². The number of amides is 4. The zero-order valence-electron chi connectivity index (χ0n) is 33.2. The highest BCUT2D eigenvalue weighted by Crippen LogP contribution is 2.44. The highest BCUT2D eigenvalue weighted by Gasteiger charge is 2.38. The number of nitrogens with one attached hydrogen (secondary N) is 3. The van der Waals surface area contributed by atoms with Gasteiger partial charge < -0.3 is 40.0 Å². The van der Waals surface area contributed by atoms with Gasteiger partial charge in [-0.2, -0.15) is 0 Å². The van der Waals surface area contributed by atoms with Crippen LogP contribution in [0.4, 0.5) is 16.2 Å². The molecule has 5 aromatic rings. The first-order valence-corrected chi connectivity index (χ1v) is 19.1. The van der Waals surface area contributed by atoms with Gasteiger partial charge in [-0.05, 0) is 77.3 Å². The molecule has 2 atom stereocenters. The van der Waals surface area contributed by atoms with Gasteiger partial charge in [0.25, 0.3) is 5.91 Å². The van der Waals surface area contributed by atoms with E-state index in [9.17, 15) is 24.0 Å². The van der Waals surface area contributed by atoms with E-state index in [2.05, 4.69) is 28.1 Å². The van der Waals surface area contributed by atoms with Crippen LogP contribution in [0.15, 0.2) is 103 Å². The lowest BCUT2D eigenvalue weighted by Gasteiger charge is -2.27. The van der Waals surface area contributed by atoms with Crippen LogP contribution in [0.3, 0.4) is 0 Å². The molecule has 0 saturated heterocycles. The van der Waals surface area contributed by atoms with E-state index in [1.165, 1.54) is 24.0 Å². The van der Waals surface area contributed by atoms with E-state index in [1.54, 1.807) is 62.5 Å². The smallest absolute Gasteiger partial charge is 0.407 e. The highest BCUT2D eigenvalue weighted by atomic mass is 35.5. The minimum atomic E-state index is -1.14. The van der Waals surface area contributed by atoms with Crippen LogP contribution in [0, 0.1) is 0 Å². The molecule has 0 aromatic heterocycles. The maximum atomic E-state index is 14.7. The molecule has 0 bridgehead atoms. The topological polar surface area (TPSA) is 156 Å². The van der Waals surface area contributed by atoms with Crippen molar-refractivity contribution in [1.29, 1.82) is 0 Å². The molecule has 14 heteroatoms. The molecule has 2 aliphatic rings. The Morgan fingerprint density at radius 1 is 0.847 bits per heavy atom. The number of esters is 1. The summed E-state index contributed by atoms with van der Waals surface area (Å²) < 4.78 is 16.4. The van der Waals surface area contributed by atoms with E-state index in [0.29, 0.717) is 28.3 Å². The third-order valence-corrected chi connectivity index (χ3v) is 10.8. The van der Waals surface area contributed by atoms with E-state index in [0.717, 1.165) is 33.0 Å². The van der Waals surface area contributed by atoms with Gasteiger partial charge in [0, 0.05) is 24.4 Å². The molecule has 3 N–H and O–H groups in total. The monoisotopic (exact) mass is 819 g/mol. The predicted molar refractivity (Wildman–Crippen MR) is 227 cm³/mol. The van der Waals surface area contributed by atoms with Crippen LogP contribution in [0.5, 0.6) is 5.75 Å². The van der Waals surface area contributed by atoms with Crippen molar-refractivity contribution in [2.24, 2.45) is 0 Å². The van der Waals surface area contributed by atoms with Crippen LogP contribution in [-0.4, -0.2) is 82.8 Å². The molecule has 7 rings (SSSR count). The van der Waals surface area contributed by atoms with Crippen molar-refractivity contribution in [3.8, 4) is 16.9 Å². The molecule has 0 fully saturated rings. The minimum absolute atomic E-state index is 0. The molecule has 5 aromatic carbocycles. The number of hydrogen-bond donors (Lipinski definition) is 3. The number of carbonyl (C=O) groups excluding carboxylic acids is 5. The molecule has 0 saturated carbocycles. The van der Waals surface area contributed by atoms with E-state index in [1.807, 2.05) is 42.5 Å². The van der Waals surface area contributed by atoms with Crippen molar-refractivity contribution < 1.29 is 38.2 Å². The van der Waals surface area contributed by atoms with Crippen LogP contribution < -0.4 is 30.5 Å². The van der Waals surface area contributed by atoms with Crippen LogP contribution in [0.2, 0.25) is 0 Å². The number of ether oxygens (including phenoxy) is 3. The number of likely N-dealkylation sites (N-methyl/N-ethyl adjacent to an activating group) is 1. The number of benzene rings is 5. The largest absolute Gasteiger partial charge is 0.496 e. The van der Waals surface area contributed by atoms with Gasteiger partial charge >= 0.3 is 12.1 Å². The molecule has 1 aliphatic heterocycles. The number of anilines is 2. The van der Waals surface area contributed by atoms with E-state index in [-0.39, 0.29) is 56.9 Å². The zero-order chi connectivity index (χ0) is 40.9. The molecular formula is C45H46ClN5O8. The average molecular weight is 820 g/mol. The summed E-state index contributed by atoms with van der Waals surface area (Å²) in [6, 6.07) is 30.1. The first-order chi connectivity index (χ1) is 28.1. The lowest BCUT2D eigenvalue weighted by atomic mass is 9.98. The number of rotatable bonds is 12. The van der Waals surface area contributed by atoms with Crippen LogP contribution in [-0.2, 0) is 30.4 Å². The Hall–Kier alpha value is -6.44. The number of nitrogens with zero attached hydrogens (tertiary/aromatic N) is 2. The van der Waals surface area contributed by atoms with Gasteiger partial charge in [0.05, 0.1) is 50.3 Å². The van der Waals surface area contributed by atoms with Gasteiger partial charge in [-0.25, -0.2) is 9.59 Å². The Bertz CT molecular complexity index is 2360. The van der Waals surface area contributed by atoms with Gasteiger partial charge in [0.15, 0.2) is 0 Å². The summed E-state index contributed by atoms with van der Waals surface area (Å²) in [6.45, 7) is 1.62. The summed E-state index contributed by atoms with van der Waals surface area (Å²) in [5.74, 6) is -1.33. The molecule has 306 valence electrons. The number of hydrogen-bond acceptors (Lipinski definition) is 9. The fraction of sp³-hybridized carbons (Fsp3) is 0.267. The minimum Gasteiger partial charge on any atom is -0.496 e. The molecule has 59 heavy (non-hydrogen) atoms. The van der Waals surface area contributed by atoms with Gasteiger partial charge in [0.2, 0.25) is 11.8 Å². The van der Waals surface area contributed by atoms with E-state index >= 15 is 0 Å². The van der Waals surface area contributed by atoms with Crippen molar-refractivity contribution in [1.82, 2.24) is 16.0 Å². The highest BCUT2D eigenvalue weighted by molar-refractivity contribution is 6.09. The second-order valence-corrected chi connectivity index (χ2v) is 14.2. The first kappa shape index (κ1) is 42.2. The SMILES string of the molecule is CNC(C)C(=O)NC1CN(C(=O)CCNC(=O)OCC2c3ccccc3-c3ccccc32)c2ccccc2N(Cc2c(OC)ccc3cc(C(=O)OC)ccc23)C1=O.Cl. The van der Waals surface area contributed by atoms with Crippen molar-refractivity contribution >= 4 is 64.3 Å². The van der Waals surface area contributed by atoms with Crippen molar-refractivity contribution in [3.05, 3.63) is 125 Å². The van der Waals surface area contributed by atoms with Crippen LogP contribution in [0.25, 0.3) is 21.9 Å². The Morgan fingerprint density at radius 3 is 2.17 bits per heavy atom. The number of methoxy groups -OCH3 is 2. The summed E-state index contributed by atoms with van der Waals surface area (Å²) >= 11 is 0. The van der Waals surface area contributed by atoms with Crippen molar-refractivity contribution in [3.63, 3.8) is 0 Å². The van der Waals surface area contributed by atoms with Crippen molar-refractivity contribution in [2.75, 3.05) is 50.8 Å². The molecule has 2 unspecified atom stereocenters. The van der Waals surface area contributed by atoms with Crippen LogP contribution >= 0.6 is 12.4 Å². The summed E-state index contributed by atoms with van der Waals surface area (Å²) in [4.78, 5) is 70.4.